The first kappa shape index (κ1) is 16.4. The number of nitrogen functional groups attached to an aromatic ring is 1. The van der Waals surface area contributed by atoms with E-state index >= 15 is 0 Å². The van der Waals surface area contributed by atoms with Gasteiger partial charge in [-0.15, -0.1) is 0 Å². The van der Waals surface area contributed by atoms with Crippen molar-refractivity contribution >= 4 is 27.1 Å². The Morgan fingerprint density at radius 1 is 1.40 bits per heavy atom. The van der Waals surface area contributed by atoms with Crippen LogP contribution >= 0.6 is 0 Å². The molecule has 3 N–H and O–H groups in total. The fourth-order valence-electron chi connectivity index (χ4n) is 1.51. The van der Waals surface area contributed by atoms with E-state index in [1.165, 1.54) is 12.1 Å². The Kier molecular flexibility index (Phi) is 5.50. The molecule has 0 unspecified atom stereocenters. The van der Waals surface area contributed by atoms with E-state index < -0.39 is 27.3 Å². The van der Waals surface area contributed by atoms with Crippen LogP contribution in [0, 0.1) is 11.7 Å². The zero-order valence-corrected chi connectivity index (χ0v) is 12.3. The van der Waals surface area contributed by atoms with Gasteiger partial charge in [-0.25, -0.2) is 12.8 Å². The molecular weight excluding hydrogens is 283 g/mol. The number of benzene rings is 1. The van der Waals surface area contributed by atoms with Gasteiger partial charge in [0.1, 0.15) is 11.6 Å². The van der Waals surface area contributed by atoms with Crippen LogP contribution < -0.4 is 11.1 Å². The zero-order valence-electron chi connectivity index (χ0n) is 11.5. The van der Waals surface area contributed by atoms with Crippen molar-refractivity contribution in [3.63, 3.8) is 0 Å². The average Bonchev–Trinajstić information content (AvgIpc) is 2.31. The predicted molar refractivity (Wildman–Crippen MR) is 77.6 cm³/mol. The van der Waals surface area contributed by atoms with Gasteiger partial charge in [-0.05, 0) is 30.5 Å². The Morgan fingerprint density at radius 3 is 2.65 bits per heavy atom. The standard InChI is InChI=1S/C13H19FN2O3S/c1-9(2)5-6-20(18,19)8-13(17)16-12-7-10(15)3-4-11(12)14/h3-4,7,9H,5-6,8,15H2,1-2H3,(H,16,17). The van der Waals surface area contributed by atoms with E-state index in [0.717, 1.165) is 6.07 Å². The molecule has 0 fully saturated rings. The van der Waals surface area contributed by atoms with E-state index in [2.05, 4.69) is 5.32 Å². The van der Waals surface area contributed by atoms with Gasteiger partial charge in [0.2, 0.25) is 5.91 Å². The molecule has 0 saturated carbocycles. The van der Waals surface area contributed by atoms with Gasteiger partial charge >= 0.3 is 0 Å². The first-order chi connectivity index (χ1) is 9.19. The van der Waals surface area contributed by atoms with Crippen molar-refractivity contribution in [1.82, 2.24) is 0 Å². The summed E-state index contributed by atoms with van der Waals surface area (Å²) in [5, 5.41) is 2.22. The Bertz CT molecular complexity index is 585. The minimum atomic E-state index is -3.48. The van der Waals surface area contributed by atoms with E-state index in [-0.39, 0.29) is 23.0 Å². The summed E-state index contributed by atoms with van der Waals surface area (Å²) in [6.45, 7) is 3.80. The van der Waals surface area contributed by atoms with E-state index in [4.69, 9.17) is 5.73 Å². The van der Waals surface area contributed by atoms with Crippen molar-refractivity contribution < 1.29 is 17.6 Å². The van der Waals surface area contributed by atoms with Crippen LogP contribution in [0.5, 0.6) is 0 Å². The fraction of sp³-hybridized carbons (Fsp3) is 0.462. The summed E-state index contributed by atoms with van der Waals surface area (Å²) in [7, 11) is -3.48. The summed E-state index contributed by atoms with van der Waals surface area (Å²) in [5.41, 5.74) is 5.64. The smallest absolute Gasteiger partial charge is 0.239 e. The number of carbonyl (C=O) groups excluding carboxylic acids is 1. The predicted octanol–water partition coefficient (Wildman–Crippen LogP) is 1.81. The molecule has 1 rings (SSSR count). The summed E-state index contributed by atoms with van der Waals surface area (Å²) >= 11 is 0. The van der Waals surface area contributed by atoms with Crippen LogP contribution in [0.3, 0.4) is 0 Å². The number of rotatable bonds is 6. The van der Waals surface area contributed by atoms with Gasteiger partial charge in [-0.3, -0.25) is 4.79 Å². The van der Waals surface area contributed by atoms with Gasteiger partial charge in [0.25, 0.3) is 0 Å². The SMILES string of the molecule is CC(C)CCS(=O)(=O)CC(=O)Nc1cc(N)ccc1F. The zero-order chi connectivity index (χ0) is 15.3. The molecule has 20 heavy (non-hydrogen) atoms. The van der Waals surface area contributed by atoms with Crippen LogP contribution in [-0.4, -0.2) is 25.8 Å². The molecule has 112 valence electrons. The molecule has 5 nitrogen and oxygen atoms in total. The van der Waals surface area contributed by atoms with E-state index in [9.17, 15) is 17.6 Å². The lowest BCUT2D eigenvalue weighted by Gasteiger charge is -2.09. The van der Waals surface area contributed by atoms with Crippen LogP contribution in [0.1, 0.15) is 20.3 Å². The quantitative estimate of drug-likeness (QED) is 0.784. The normalized spacial score (nSPS) is 11.6. The van der Waals surface area contributed by atoms with Crippen molar-refractivity contribution in [2.45, 2.75) is 20.3 Å². The monoisotopic (exact) mass is 302 g/mol. The second-order valence-electron chi connectivity index (χ2n) is 5.06. The molecule has 0 aliphatic rings. The molecule has 0 radical (unpaired) electrons. The average molecular weight is 302 g/mol. The molecule has 0 spiro atoms. The van der Waals surface area contributed by atoms with Crippen LogP contribution in [-0.2, 0) is 14.6 Å². The van der Waals surface area contributed by atoms with Crippen LogP contribution in [0.25, 0.3) is 0 Å². The summed E-state index contributed by atoms with van der Waals surface area (Å²) in [5.74, 6) is -1.91. The van der Waals surface area contributed by atoms with E-state index in [1.807, 2.05) is 13.8 Å². The number of nitrogens with two attached hydrogens (primary N) is 1. The molecule has 0 aliphatic carbocycles. The molecule has 0 aliphatic heterocycles. The lowest BCUT2D eigenvalue weighted by molar-refractivity contribution is -0.113. The number of anilines is 2. The summed E-state index contributed by atoms with van der Waals surface area (Å²) in [6.07, 6.45) is 0.488. The minimum Gasteiger partial charge on any atom is -0.399 e. The summed E-state index contributed by atoms with van der Waals surface area (Å²) < 4.78 is 36.8. The maximum Gasteiger partial charge on any atom is 0.239 e. The maximum absolute atomic E-state index is 13.4. The second kappa shape index (κ2) is 6.69. The topological polar surface area (TPSA) is 89.3 Å². The highest BCUT2D eigenvalue weighted by Crippen LogP contribution is 2.17. The molecule has 0 heterocycles. The van der Waals surface area contributed by atoms with Crippen LogP contribution in [0.15, 0.2) is 18.2 Å². The number of carbonyl (C=O) groups is 1. The van der Waals surface area contributed by atoms with Crippen molar-refractivity contribution in [3.8, 4) is 0 Å². The summed E-state index contributed by atoms with van der Waals surface area (Å²) in [6, 6.07) is 3.70. The Balaban J connectivity index is 2.66. The third kappa shape index (κ3) is 5.56. The van der Waals surface area contributed by atoms with Crippen molar-refractivity contribution in [2.24, 2.45) is 5.92 Å². The van der Waals surface area contributed by atoms with Crippen molar-refractivity contribution in [2.75, 3.05) is 22.6 Å². The molecule has 1 aromatic rings. The number of halogens is 1. The highest BCUT2D eigenvalue weighted by Gasteiger charge is 2.18. The number of hydrogen-bond donors (Lipinski definition) is 2. The molecule has 1 amide bonds. The lowest BCUT2D eigenvalue weighted by atomic mass is 10.2. The van der Waals surface area contributed by atoms with Gasteiger partial charge in [-0.2, -0.15) is 0 Å². The number of amides is 1. The van der Waals surface area contributed by atoms with Crippen LogP contribution in [0.4, 0.5) is 15.8 Å². The van der Waals surface area contributed by atoms with Gasteiger partial charge in [-0.1, -0.05) is 13.8 Å². The Labute approximate surface area is 118 Å². The van der Waals surface area contributed by atoms with Gasteiger partial charge in [0.05, 0.1) is 11.4 Å². The number of sulfone groups is 1. The van der Waals surface area contributed by atoms with Crippen molar-refractivity contribution in [1.29, 1.82) is 0 Å². The molecular formula is C13H19FN2O3S. The largest absolute Gasteiger partial charge is 0.399 e. The van der Waals surface area contributed by atoms with Gasteiger partial charge in [0.15, 0.2) is 9.84 Å². The Hall–Kier alpha value is -1.63. The summed E-state index contributed by atoms with van der Waals surface area (Å²) in [4.78, 5) is 11.6. The Morgan fingerprint density at radius 2 is 2.05 bits per heavy atom. The highest BCUT2D eigenvalue weighted by atomic mass is 32.2. The van der Waals surface area contributed by atoms with E-state index in [0.29, 0.717) is 6.42 Å². The van der Waals surface area contributed by atoms with Crippen LogP contribution in [0.2, 0.25) is 0 Å². The third-order valence-corrected chi connectivity index (χ3v) is 4.18. The maximum atomic E-state index is 13.4. The minimum absolute atomic E-state index is 0.0580. The van der Waals surface area contributed by atoms with Gasteiger partial charge < -0.3 is 11.1 Å². The lowest BCUT2D eigenvalue weighted by Crippen LogP contribution is -2.25. The van der Waals surface area contributed by atoms with Gasteiger partial charge in [0, 0.05) is 5.69 Å². The van der Waals surface area contributed by atoms with Crippen molar-refractivity contribution in [3.05, 3.63) is 24.0 Å². The molecule has 0 bridgehead atoms. The molecule has 1 aromatic carbocycles. The molecule has 0 saturated heterocycles. The first-order valence-corrected chi connectivity index (χ1v) is 8.07. The highest BCUT2D eigenvalue weighted by molar-refractivity contribution is 7.92. The fourth-order valence-corrected chi connectivity index (χ4v) is 2.96. The number of nitrogens with one attached hydrogen (secondary N) is 1. The molecule has 0 aromatic heterocycles. The molecule has 7 heteroatoms. The first-order valence-electron chi connectivity index (χ1n) is 6.25. The second-order valence-corrected chi connectivity index (χ2v) is 7.25. The van der Waals surface area contributed by atoms with E-state index in [1.54, 1.807) is 0 Å². The number of hydrogen-bond acceptors (Lipinski definition) is 4. The third-order valence-electron chi connectivity index (χ3n) is 2.62. The molecule has 0 atom stereocenters.